The molecule has 32 heavy (non-hydrogen) atoms. The van der Waals surface area contributed by atoms with Crippen molar-refractivity contribution in [3.8, 4) is 0 Å². The van der Waals surface area contributed by atoms with E-state index >= 15 is 0 Å². The number of alkyl halides is 3. The van der Waals surface area contributed by atoms with Crippen LogP contribution < -0.4 is 0 Å². The summed E-state index contributed by atoms with van der Waals surface area (Å²) in [6.45, 7) is 6.29. The van der Waals surface area contributed by atoms with Gasteiger partial charge in [-0.1, -0.05) is 29.8 Å². The van der Waals surface area contributed by atoms with E-state index in [1.54, 1.807) is 0 Å². The zero-order chi connectivity index (χ0) is 23.5. The summed E-state index contributed by atoms with van der Waals surface area (Å²) < 4.78 is 31.7. The van der Waals surface area contributed by atoms with Crippen molar-refractivity contribution < 1.29 is 27.9 Å². The summed E-state index contributed by atoms with van der Waals surface area (Å²) in [5, 5.41) is 7.98. The number of carboxylic acid groups (broad SMARTS) is 1. The third kappa shape index (κ3) is 6.04. The van der Waals surface area contributed by atoms with Gasteiger partial charge in [0, 0.05) is 30.7 Å². The average molecular weight is 473 g/mol. The second-order valence-corrected chi connectivity index (χ2v) is 9.01. The maximum Gasteiger partial charge on any atom is 0.490 e. The smallest absolute Gasteiger partial charge is 0.475 e. The zero-order valence-corrected chi connectivity index (χ0v) is 18.8. The number of hydrogen-bond acceptors (Lipinski definition) is 3. The molecule has 176 valence electrons. The van der Waals surface area contributed by atoms with Gasteiger partial charge in [-0.15, -0.1) is 0 Å². The quantitative estimate of drug-likeness (QED) is 0.671. The number of halogens is 4. The van der Waals surface area contributed by atoms with Crippen molar-refractivity contribution in [2.75, 3.05) is 19.6 Å². The molecule has 5 nitrogen and oxygen atoms in total. The molecule has 0 aromatic heterocycles. The van der Waals surface area contributed by atoms with Crippen molar-refractivity contribution in [3.63, 3.8) is 0 Å². The zero-order valence-electron chi connectivity index (χ0n) is 18.0. The number of likely N-dealkylation sites (tertiary alicyclic amines) is 2. The van der Waals surface area contributed by atoms with Crippen LogP contribution in [0.5, 0.6) is 0 Å². The molecule has 2 saturated heterocycles. The lowest BCUT2D eigenvalue weighted by Gasteiger charge is -2.29. The fourth-order valence-corrected chi connectivity index (χ4v) is 4.55. The Labute approximate surface area is 190 Å². The number of allylic oxidation sites excluding steroid dienone is 1. The van der Waals surface area contributed by atoms with E-state index in [0.717, 1.165) is 43.9 Å². The average Bonchev–Trinajstić information content (AvgIpc) is 3.34. The third-order valence-electron chi connectivity index (χ3n) is 6.31. The van der Waals surface area contributed by atoms with E-state index in [4.69, 9.17) is 21.5 Å². The molecule has 4 rings (SSSR count). The van der Waals surface area contributed by atoms with Crippen molar-refractivity contribution in [1.82, 2.24) is 9.80 Å². The Morgan fingerprint density at radius 1 is 1.16 bits per heavy atom. The van der Waals surface area contributed by atoms with Crippen LogP contribution in [0.3, 0.4) is 0 Å². The molecule has 2 heterocycles. The third-order valence-corrected chi connectivity index (χ3v) is 6.66. The van der Waals surface area contributed by atoms with Gasteiger partial charge in [-0.2, -0.15) is 13.2 Å². The Bertz CT molecular complexity index is 882. The molecule has 2 aliphatic heterocycles. The number of carbonyl (C=O) groups is 2. The van der Waals surface area contributed by atoms with Gasteiger partial charge in [0.1, 0.15) is 0 Å². The van der Waals surface area contributed by atoms with Gasteiger partial charge in [0.15, 0.2) is 0 Å². The first-order valence-electron chi connectivity index (χ1n) is 10.9. The van der Waals surface area contributed by atoms with Crippen LogP contribution in [0.4, 0.5) is 13.2 Å². The molecule has 0 saturated carbocycles. The summed E-state index contributed by atoms with van der Waals surface area (Å²) in [6, 6.07) is 7.08. The van der Waals surface area contributed by atoms with Gasteiger partial charge in [0.05, 0.1) is 5.92 Å². The molecule has 0 radical (unpaired) electrons. The number of aliphatic carboxylic acids is 1. The van der Waals surface area contributed by atoms with Crippen LogP contribution in [0.15, 0.2) is 24.3 Å². The Morgan fingerprint density at radius 2 is 1.78 bits per heavy atom. The van der Waals surface area contributed by atoms with E-state index in [9.17, 15) is 18.0 Å². The molecule has 0 spiro atoms. The van der Waals surface area contributed by atoms with Gasteiger partial charge in [0.2, 0.25) is 5.91 Å². The van der Waals surface area contributed by atoms with Crippen LogP contribution >= 0.6 is 11.6 Å². The summed E-state index contributed by atoms with van der Waals surface area (Å²) in [6.07, 6.45) is 2.79. The summed E-state index contributed by atoms with van der Waals surface area (Å²) in [5.41, 5.74) is 3.65. The lowest BCUT2D eigenvalue weighted by molar-refractivity contribution is -0.192. The van der Waals surface area contributed by atoms with E-state index in [0.29, 0.717) is 11.9 Å². The lowest BCUT2D eigenvalue weighted by Crippen LogP contribution is -2.35. The summed E-state index contributed by atoms with van der Waals surface area (Å²) in [7, 11) is 0. The van der Waals surface area contributed by atoms with Crippen LogP contribution in [0.1, 0.15) is 50.2 Å². The second-order valence-electron chi connectivity index (χ2n) is 8.61. The molecule has 0 bridgehead atoms. The van der Waals surface area contributed by atoms with Crippen molar-refractivity contribution in [3.05, 3.63) is 40.4 Å². The number of carboxylic acids is 1. The van der Waals surface area contributed by atoms with Gasteiger partial charge in [-0.05, 0) is 68.3 Å². The van der Waals surface area contributed by atoms with Crippen molar-refractivity contribution in [1.29, 1.82) is 0 Å². The van der Waals surface area contributed by atoms with Crippen LogP contribution in [0.25, 0.3) is 5.57 Å². The Morgan fingerprint density at radius 3 is 2.28 bits per heavy atom. The predicted molar refractivity (Wildman–Crippen MR) is 116 cm³/mol. The molecule has 9 heteroatoms. The molecule has 1 unspecified atom stereocenters. The topological polar surface area (TPSA) is 60.9 Å². The van der Waals surface area contributed by atoms with Crippen LogP contribution in [0.2, 0.25) is 5.02 Å². The first kappa shape index (κ1) is 24.6. The first-order valence-corrected chi connectivity index (χ1v) is 11.3. The standard InChI is InChI=1S/C21H27ClN2O.C2HF3O2/c1-15-5-4-10-24(15)14-17-7-6-16(13-20(17)22)18-11-19(12-18)21(25)23-8-2-3-9-23;3-2(4,5)1(6)7/h6-7,11,13,15,19H,2-5,8-10,12,14H2,1H3;(H,6,7)/t15-,19?;/m1./s1. The minimum Gasteiger partial charge on any atom is -0.475 e. The molecule has 1 amide bonds. The van der Waals surface area contributed by atoms with Crippen molar-refractivity contribution >= 4 is 29.1 Å². The minimum absolute atomic E-state index is 0.0806. The van der Waals surface area contributed by atoms with Crippen LogP contribution in [0, 0.1) is 5.92 Å². The highest BCUT2D eigenvalue weighted by Crippen LogP contribution is 2.37. The molecule has 1 aromatic rings. The van der Waals surface area contributed by atoms with Gasteiger partial charge < -0.3 is 10.0 Å². The Hall–Kier alpha value is -2.06. The Balaban J connectivity index is 0.000000360. The molecule has 1 N–H and O–H groups in total. The fraction of sp³-hybridized carbons (Fsp3) is 0.565. The van der Waals surface area contributed by atoms with E-state index in [1.807, 2.05) is 4.90 Å². The van der Waals surface area contributed by atoms with E-state index < -0.39 is 12.1 Å². The maximum atomic E-state index is 12.4. The fourth-order valence-electron chi connectivity index (χ4n) is 4.31. The number of nitrogens with zero attached hydrogens (tertiary/aromatic N) is 2. The number of amides is 1. The van der Waals surface area contributed by atoms with Gasteiger partial charge >= 0.3 is 12.1 Å². The number of benzene rings is 1. The highest BCUT2D eigenvalue weighted by atomic mass is 35.5. The number of carbonyl (C=O) groups excluding carboxylic acids is 1. The minimum atomic E-state index is -5.08. The van der Waals surface area contributed by atoms with Crippen molar-refractivity contribution in [2.24, 2.45) is 5.92 Å². The lowest BCUT2D eigenvalue weighted by atomic mass is 9.81. The van der Waals surface area contributed by atoms with E-state index in [-0.39, 0.29) is 5.92 Å². The molecule has 2 fully saturated rings. The summed E-state index contributed by atoms with van der Waals surface area (Å²) >= 11 is 6.55. The SMILES string of the molecule is C[C@@H]1CCCN1Cc1ccc(C2=CC(C(=O)N3CCCC3)C2)cc1Cl.O=C(O)C(F)(F)F. The normalized spacial score (nSPS) is 23.3. The van der Waals surface area contributed by atoms with Crippen molar-refractivity contribution in [2.45, 2.75) is 57.8 Å². The molecular weight excluding hydrogens is 445 g/mol. The summed E-state index contributed by atoms with van der Waals surface area (Å²) in [4.78, 5) is 25.8. The van der Waals surface area contributed by atoms with Gasteiger partial charge in [0.25, 0.3) is 0 Å². The molecule has 1 aliphatic carbocycles. The van der Waals surface area contributed by atoms with Crippen LogP contribution in [-0.2, 0) is 16.1 Å². The van der Waals surface area contributed by atoms with E-state index in [1.165, 1.54) is 36.1 Å². The monoisotopic (exact) mass is 472 g/mol. The second kappa shape index (κ2) is 10.3. The summed E-state index contributed by atoms with van der Waals surface area (Å²) in [5.74, 6) is -2.36. The highest BCUT2D eigenvalue weighted by Gasteiger charge is 2.38. The number of hydrogen-bond donors (Lipinski definition) is 1. The molecule has 1 aromatic carbocycles. The van der Waals surface area contributed by atoms with Crippen LogP contribution in [-0.4, -0.2) is 58.6 Å². The molecule has 2 atom stereocenters. The molecular formula is C23H28ClF3N2O3. The first-order chi connectivity index (χ1) is 15.1. The largest absolute Gasteiger partial charge is 0.490 e. The maximum absolute atomic E-state index is 12.4. The highest BCUT2D eigenvalue weighted by molar-refractivity contribution is 6.31. The molecule has 3 aliphatic rings. The van der Waals surface area contributed by atoms with E-state index in [2.05, 4.69) is 36.1 Å². The Kier molecular flexibility index (Phi) is 7.88. The van der Waals surface area contributed by atoms with Gasteiger partial charge in [-0.25, -0.2) is 4.79 Å². The number of rotatable bonds is 4. The predicted octanol–water partition coefficient (Wildman–Crippen LogP) is 4.98. The van der Waals surface area contributed by atoms with Gasteiger partial charge in [-0.3, -0.25) is 9.69 Å².